The van der Waals surface area contributed by atoms with Gasteiger partial charge in [-0.15, -0.1) is 0 Å². The number of ether oxygens (including phenoxy) is 1. The van der Waals surface area contributed by atoms with Gasteiger partial charge in [0, 0.05) is 17.5 Å². The van der Waals surface area contributed by atoms with Crippen molar-refractivity contribution in [2.45, 2.75) is 47.1 Å². The first-order valence-corrected chi connectivity index (χ1v) is 9.38. The molecule has 0 amide bonds. The van der Waals surface area contributed by atoms with E-state index in [1.165, 1.54) is 12.1 Å². The lowest BCUT2D eigenvalue weighted by Gasteiger charge is -2.23. The highest BCUT2D eigenvalue weighted by Crippen LogP contribution is 2.28. The molecule has 1 heterocycles. The van der Waals surface area contributed by atoms with E-state index in [1.54, 1.807) is 47.6 Å². The largest absolute Gasteiger partial charge is 0.618 e. The Labute approximate surface area is 179 Å². The standard InChI is InChI=1S/C22H24FN3O5/c1-21(2,3)20(25-31-22(4,5)6)30-17-8-7-9-26(29)18(17)19(28)14-11-15(23)13(12-24)10-16(14)27/h7-11,27H,1-6H3/b25-20-. The van der Waals surface area contributed by atoms with Gasteiger partial charge in [0.25, 0.3) is 5.78 Å². The Morgan fingerprint density at radius 1 is 1.26 bits per heavy atom. The van der Waals surface area contributed by atoms with Gasteiger partial charge < -0.3 is 19.9 Å². The van der Waals surface area contributed by atoms with Gasteiger partial charge in [0.15, 0.2) is 6.20 Å². The van der Waals surface area contributed by atoms with Gasteiger partial charge in [0.05, 0.1) is 11.1 Å². The fourth-order valence-corrected chi connectivity index (χ4v) is 2.31. The maximum atomic E-state index is 14.0. The van der Waals surface area contributed by atoms with Crippen molar-refractivity contribution < 1.29 is 28.6 Å². The number of oxime groups is 1. The molecule has 0 radical (unpaired) electrons. The average molecular weight is 429 g/mol. The molecule has 0 aliphatic carbocycles. The summed E-state index contributed by atoms with van der Waals surface area (Å²) < 4.78 is 20.1. The average Bonchev–Trinajstić information content (AvgIpc) is 2.64. The number of pyridine rings is 1. The molecule has 0 atom stereocenters. The summed E-state index contributed by atoms with van der Waals surface area (Å²) in [5, 5.41) is 35.5. The van der Waals surface area contributed by atoms with Crippen LogP contribution in [0.25, 0.3) is 0 Å². The molecule has 0 spiro atoms. The summed E-state index contributed by atoms with van der Waals surface area (Å²) in [6.45, 7) is 10.8. The molecule has 0 aliphatic rings. The minimum absolute atomic E-state index is 0.0953. The highest BCUT2D eigenvalue weighted by molar-refractivity contribution is 6.10. The molecule has 0 fully saturated rings. The number of nitrogens with zero attached hydrogens (tertiary/aromatic N) is 3. The summed E-state index contributed by atoms with van der Waals surface area (Å²) in [6, 6.07) is 5.83. The molecule has 2 rings (SSSR count). The number of hydrogen-bond acceptors (Lipinski definition) is 7. The van der Waals surface area contributed by atoms with Gasteiger partial charge in [-0.1, -0.05) is 25.9 Å². The number of ketones is 1. The van der Waals surface area contributed by atoms with Gasteiger partial charge in [-0.25, -0.2) is 4.39 Å². The predicted octanol–water partition coefficient (Wildman–Crippen LogP) is 3.82. The van der Waals surface area contributed by atoms with Gasteiger partial charge in [-0.3, -0.25) is 4.79 Å². The molecule has 1 aromatic heterocycles. The molecular weight excluding hydrogens is 405 g/mol. The smallest absolute Gasteiger partial charge is 0.308 e. The first kappa shape index (κ1) is 23.6. The number of hydrogen-bond donors (Lipinski definition) is 1. The summed E-state index contributed by atoms with van der Waals surface area (Å²) in [5.41, 5.74) is -2.68. The Morgan fingerprint density at radius 3 is 2.45 bits per heavy atom. The zero-order chi connectivity index (χ0) is 23.6. The van der Waals surface area contributed by atoms with Crippen molar-refractivity contribution in [3.63, 3.8) is 0 Å². The van der Waals surface area contributed by atoms with Crippen LogP contribution in [0.4, 0.5) is 4.39 Å². The number of carbonyl (C=O) groups is 1. The van der Waals surface area contributed by atoms with E-state index in [-0.39, 0.29) is 16.4 Å². The zero-order valence-corrected chi connectivity index (χ0v) is 18.2. The molecule has 0 unspecified atom stereocenters. The van der Waals surface area contributed by atoms with Gasteiger partial charge in [0.2, 0.25) is 11.6 Å². The molecule has 0 saturated heterocycles. The molecule has 0 saturated carbocycles. The molecule has 0 aliphatic heterocycles. The lowest BCUT2D eigenvalue weighted by molar-refractivity contribution is -0.607. The van der Waals surface area contributed by atoms with Crippen molar-refractivity contribution in [3.8, 4) is 17.6 Å². The number of nitriles is 1. The van der Waals surface area contributed by atoms with Crippen molar-refractivity contribution in [3.05, 3.63) is 58.3 Å². The molecule has 8 nitrogen and oxygen atoms in total. The van der Waals surface area contributed by atoms with E-state index in [2.05, 4.69) is 5.16 Å². The highest BCUT2D eigenvalue weighted by Gasteiger charge is 2.32. The van der Waals surface area contributed by atoms with Crippen LogP contribution in [0, 0.1) is 27.8 Å². The van der Waals surface area contributed by atoms with Crippen LogP contribution < -0.4 is 9.47 Å². The van der Waals surface area contributed by atoms with Gasteiger partial charge in [-0.2, -0.15) is 9.99 Å². The van der Waals surface area contributed by atoms with Crippen molar-refractivity contribution in [1.29, 1.82) is 5.26 Å². The minimum atomic E-state index is -1.00. The van der Waals surface area contributed by atoms with Crippen LogP contribution in [0.2, 0.25) is 0 Å². The van der Waals surface area contributed by atoms with Crippen LogP contribution in [0.5, 0.6) is 11.5 Å². The molecular formula is C22H24FN3O5. The summed E-state index contributed by atoms with van der Waals surface area (Å²) >= 11 is 0. The predicted molar refractivity (Wildman–Crippen MR) is 110 cm³/mol. The van der Waals surface area contributed by atoms with Crippen LogP contribution >= 0.6 is 0 Å². The van der Waals surface area contributed by atoms with E-state index in [0.29, 0.717) is 6.07 Å². The van der Waals surface area contributed by atoms with Crippen LogP contribution in [0.3, 0.4) is 0 Å². The molecule has 0 bridgehead atoms. The van der Waals surface area contributed by atoms with Crippen molar-refractivity contribution >= 4 is 11.7 Å². The topological polar surface area (TPSA) is 119 Å². The second-order valence-corrected chi connectivity index (χ2v) is 8.79. The van der Waals surface area contributed by atoms with Crippen LogP contribution in [0.15, 0.2) is 35.6 Å². The second kappa shape index (κ2) is 8.60. The summed E-state index contributed by atoms with van der Waals surface area (Å²) in [4.78, 5) is 18.5. The lowest BCUT2D eigenvalue weighted by Crippen LogP contribution is -2.37. The van der Waals surface area contributed by atoms with E-state index < -0.39 is 45.2 Å². The number of phenols is 1. The van der Waals surface area contributed by atoms with E-state index in [4.69, 9.17) is 14.8 Å². The number of aromatic hydroxyl groups is 1. The molecule has 1 N–H and O–H groups in total. The Bertz CT molecular complexity index is 1080. The van der Waals surface area contributed by atoms with Crippen molar-refractivity contribution in [2.75, 3.05) is 0 Å². The fraction of sp³-hybridized carbons (Fsp3) is 0.364. The van der Waals surface area contributed by atoms with Crippen LogP contribution in [-0.2, 0) is 4.84 Å². The number of halogens is 1. The van der Waals surface area contributed by atoms with Gasteiger partial charge in [0.1, 0.15) is 23.2 Å². The molecule has 31 heavy (non-hydrogen) atoms. The molecule has 1 aromatic carbocycles. The third-order valence-corrected chi connectivity index (χ3v) is 3.84. The summed E-state index contributed by atoms with van der Waals surface area (Å²) in [5.74, 6) is -2.69. The summed E-state index contributed by atoms with van der Waals surface area (Å²) in [6.07, 6.45) is 1.07. The van der Waals surface area contributed by atoms with Crippen molar-refractivity contribution in [2.24, 2.45) is 10.6 Å². The van der Waals surface area contributed by atoms with E-state index in [0.717, 1.165) is 12.3 Å². The second-order valence-electron chi connectivity index (χ2n) is 8.79. The Morgan fingerprint density at radius 2 is 1.90 bits per heavy atom. The van der Waals surface area contributed by atoms with Gasteiger partial charge in [-0.05, 0) is 32.9 Å². The third kappa shape index (κ3) is 5.69. The Balaban J connectivity index is 2.57. The maximum Gasteiger partial charge on any atom is 0.308 e. The Kier molecular flexibility index (Phi) is 6.55. The van der Waals surface area contributed by atoms with E-state index in [1.807, 2.05) is 0 Å². The normalized spacial score (nSPS) is 12.3. The minimum Gasteiger partial charge on any atom is -0.618 e. The molecule has 2 aromatic rings. The number of aromatic nitrogens is 1. The highest BCUT2D eigenvalue weighted by atomic mass is 19.1. The van der Waals surface area contributed by atoms with Crippen LogP contribution in [-0.4, -0.2) is 22.4 Å². The number of rotatable bonds is 4. The quantitative estimate of drug-likeness (QED) is 0.197. The summed E-state index contributed by atoms with van der Waals surface area (Å²) in [7, 11) is 0. The number of phenolic OH excluding ortho intramolecular Hbond substituents is 1. The van der Waals surface area contributed by atoms with E-state index in [9.17, 15) is 19.5 Å². The SMILES string of the molecule is CC(C)(C)O/N=C(\Oc1ccc[n+]([O-])c1C(=O)c1cc(F)c(C#N)cc1O)C(C)(C)C. The Hall–Kier alpha value is -3.67. The maximum absolute atomic E-state index is 14.0. The van der Waals surface area contributed by atoms with Crippen molar-refractivity contribution in [1.82, 2.24) is 0 Å². The number of benzene rings is 1. The van der Waals surface area contributed by atoms with Crippen LogP contribution in [0.1, 0.15) is 63.2 Å². The molecule has 9 heteroatoms. The fourth-order valence-electron chi connectivity index (χ4n) is 2.31. The zero-order valence-electron chi connectivity index (χ0n) is 18.2. The first-order chi connectivity index (χ1) is 14.2. The number of carbonyl (C=O) groups excluding carboxylic acids is 1. The monoisotopic (exact) mass is 429 g/mol. The van der Waals surface area contributed by atoms with E-state index >= 15 is 0 Å². The van der Waals surface area contributed by atoms with Gasteiger partial charge >= 0.3 is 5.69 Å². The molecule has 164 valence electrons. The lowest BCUT2D eigenvalue weighted by atomic mass is 9.96. The third-order valence-electron chi connectivity index (χ3n) is 3.84. The first-order valence-electron chi connectivity index (χ1n) is 9.38.